The van der Waals surface area contributed by atoms with Crippen molar-refractivity contribution >= 4 is 38.3 Å². The number of anilines is 1. The molecule has 0 bridgehead atoms. The number of nitrogens with zero attached hydrogens (tertiary/aromatic N) is 2. The van der Waals surface area contributed by atoms with Crippen molar-refractivity contribution < 1.29 is 9.72 Å². The molecule has 0 spiro atoms. The van der Waals surface area contributed by atoms with Gasteiger partial charge in [-0.25, -0.2) is 4.98 Å². The van der Waals surface area contributed by atoms with Crippen LogP contribution in [0.1, 0.15) is 19.8 Å². The molecule has 0 aliphatic rings. The Kier molecular flexibility index (Phi) is 3.52. The summed E-state index contributed by atoms with van der Waals surface area (Å²) in [5.74, 6) is -0.0916. The number of non-ortho nitro benzene ring substituents is 1. The average Bonchev–Trinajstić information content (AvgIpc) is 2.69. The van der Waals surface area contributed by atoms with Crippen molar-refractivity contribution in [1.82, 2.24) is 4.98 Å². The SMILES string of the molecule is CCCC(=O)Nc1nc2ccc([N+](=O)[O-])cc2s1. The Morgan fingerprint density at radius 2 is 2.33 bits per heavy atom. The Labute approximate surface area is 107 Å². The molecule has 0 aliphatic carbocycles. The highest BCUT2D eigenvalue weighted by Gasteiger charge is 2.11. The van der Waals surface area contributed by atoms with Crippen molar-refractivity contribution in [1.29, 1.82) is 0 Å². The molecule has 6 nitrogen and oxygen atoms in total. The van der Waals surface area contributed by atoms with E-state index in [1.54, 1.807) is 6.07 Å². The maximum atomic E-state index is 11.4. The second-order valence-electron chi connectivity index (χ2n) is 3.73. The Hall–Kier alpha value is -2.02. The third-order valence-electron chi connectivity index (χ3n) is 2.31. The molecule has 1 heterocycles. The lowest BCUT2D eigenvalue weighted by atomic mass is 10.3. The summed E-state index contributed by atoms with van der Waals surface area (Å²) in [7, 11) is 0. The zero-order chi connectivity index (χ0) is 13.1. The van der Waals surface area contributed by atoms with E-state index in [2.05, 4.69) is 10.3 Å². The summed E-state index contributed by atoms with van der Waals surface area (Å²) in [6.07, 6.45) is 1.21. The van der Waals surface area contributed by atoms with E-state index in [4.69, 9.17) is 0 Å². The summed E-state index contributed by atoms with van der Waals surface area (Å²) >= 11 is 1.24. The predicted octanol–water partition coefficient (Wildman–Crippen LogP) is 2.94. The van der Waals surface area contributed by atoms with Crippen molar-refractivity contribution in [3.05, 3.63) is 28.3 Å². The van der Waals surface area contributed by atoms with Crippen LogP contribution in [0, 0.1) is 10.1 Å². The number of rotatable bonds is 4. The number of nitrogens with one attached hydrogen (secondary N) is 1. The molecule has 1 N–H and O–H groups in total. The minimum absolute atomic E-state index is 0.0255. The first kappa shape index (κ1) is 12.4. The number of thiazole rings is 1. The van der Waals surface area contributed by atoms with Crippen LogP contribution in [-0.4, -0.2) is 15.8 Å². The summed E-state index contributed by atoms with van der Waals surface area (Å²) in [6, 6.07) is 4.45. The number of fused-ring (bicyclic) bond motifs is 1. The third-order valence-corrected chi connectivity index (χ3v) is 3.24. The molecule has 1 aromatic carbocycles. The molecular weight excluding hydrogens is 254 g/mol. The summed E-state index contributed by atoms with van der Waals surface area (Å²) in [4.78, 5) is 25.8. The number of nitro benzene ring substituents is 1. The van der Waals surface area contributed by atoms with E-state index in [1.165, 1.54) is 23.5 Å². The lowest BCUT2D eigenvalue weighted by Gasteiger charge is -1.97. The zero-order valence-corrected chi connectivity index (χ0v) is 10.5. The fraction of sp³-hybridized carbons (Fsp3) is 0.273. The minimum Gasteiger partial charge on any atom is -0.302 e. The Morgan fingerprint density at radius 1 is 1.56 bits per heavy atom. The molecule has 94 valence electrons. The highest BCUT2D eigenvalue weighted by atomic mass is 32.1. The van der Waals surface area contributed by atoms with Gasteiger partial charge in [-0.05, 0) is 12.5 Å². The van der Waals surface area contributed by atoms with E-state index >= 15 is 0 Å². The quantitative estimate of drug-likeness (QED) is 0.680. The van der Waals surface area contributed by atoms with Gasteiger partial charge in [0, 0.05) is 18.6 Å². The lowest BCUT2D eigenvalue weighted by molar-refractivity contribution is -0.384. The molecule has 0 fully saturated rings. The predicted molar refractivity (Wildman–Crippen MR) is 69.8 cm³/mol. The van der Waals surface area contributed by atoms with E-state index in [-0.39, 0.29) is 11.6 Å². The molecule has 0 atom stereocenters. The molecule has 1 amide bonds. The van der Waals surface area contributed by atoms with Gasteiger partial charge in [-0.2, -0.15) is 0 Å². The monoisotopic (exact) mass is 265 g/mol. The van der Waals surface area contributed by atoms with Crippen LogP contribution < -0.4 is 5.32 Å². The highest BCUT2D eigenvalue weighted by molar-refractivity contribution is 7.22. The Bertz CT molecular complexity index is 609. The fourth-order valence-corrected chi connectivity index (χ4v) is 2.40. The van der Waals surface area contributed by atoms with Gasteiger partial charge >= 0.3 is 0 Å². The van der Waals surface area contributed by atoms with Crippen LogP contribution in [0.5, 0.6) is 0 Å². The van der Waals surface area contributed by atoms with Gasteiger partial charge in [-0.15, -0.1) is 0 Å². The average molecular weight is 265 g/mol. The van der Waals surface area contributed by atoms with E-state index in [0.717, 1.165) is 6.42 Å². The normalized spacial score (nSPS) is 10.5. The van der Waals surface area contributed by atoms with Gasteiger partial charge in [-0.3, -0.25) is 14.9 Å². The van der Waals surface area contributed by atoms with Crippen molar-refractivity contribution in [2.75, 3.05) is 5.32 Å². The Morgan fingerprint density at radius 3 is 3.00 bits per heavy atom. The van der Waals surface area contributed by atoms with Crippen molar-refractivity contribution in [3.63, 3.8) is 0 Å². The minimum atomic E-state index is -0.450. The summed E-state index contributed by atoms with van der Waals surface area (Å²) in [5.41, 5.74) is 0.676. The first-order valence-electron chi connectivity index (χ1n) is 5.45. The van der Waals surface area contributed by atoms with E-state index in [9.17, 15) is 14.9 Å². The van der Waals surface area contributed by atoms with E-state index in [0.29, 0.717) is 21.8 Å². The standard InChI is InChI=1S/C11H11N3O3S/c1-2-3-10(15)13-11-12-8-5-4-7(14(16)17)6-9(8)18-11/h4-6H,2-3H2,1H3,(H,12,13,15). The number of benzene rings is 1. The molecule has 2 rings (SSSR count). The first-order chi connectivity index (χ1) is 8.60. The number of hydrogen-bond acceptors (Lipinski definition) is 5. The number of amides is 1. The Balaban J connectivity index is 2.27. The second-order valence-corrected chi connectivity index (χ2v) is 4.76. The molecule has 0 radical (unpaired) electrons. The zero-order valence-electron chi connectivity index (χ0n) is 9.67. The van der Waals surface area contributed by atoms with E-state index < -0.39 is 4.92 Å². The van der Waals surface area contributed by atoms with Crippen LogP contribution in [0.25, 0.3) is 10.2 Å². The highest BCUT2D eigenvalue weighted by Crippen LogP contribution is 2.29. The van der Waals surface area contributed by atoms with Crippen LogP contribution in [-0.2, 0) is 4.79 Å². The molecule has 0 saturated carbocycles. The molecule has 1 aromatic heterocycles. The van der Waals surface area contributed by atoms with Crippen LogP contribution in [0.15, 0.2) is 18.2 Å². The number of nitro groups is 1. The van der Waals surface area contributed by atoms with Crippen molar-refractivity contribution in [2.24, 2.45) is 0 Å². The fourth-order valence-electron chi connectivity index (χ4n) is 1.49. The maximum Gasteiger partial charge on any atom is 0.270 e. The van der Waals surface area contributed by atoms with Gasteiger partial charge in [0.25, 0.3) is 5.69 Å². The summed E-state index contributed by atoms with van der Waals surface area (Å²) in [6.45, 7) is 1.92. The van der Waals surface area contributed by atoms with Crippen molar-refractivity contribution in [2.45, 2.75) is 19.8 Å². The van der Waals surface area contributed by atoms with Crippen LogP contribution in [0.4, 0.5) is 10.8 Å². The van der Waals surface area contributed by atoms with Gasteiger partial charge < -0.3 is 5.32 Å². The molecule has 18 heavy (non-hydrogen) atoms. The largest absolute Gasteiger partial charge is 0.302 e. The van der Waals surface area contributed by atoms with Gasteiger partial charge in [0.05, 0.1) is 15.1 Å². The number of carbonyl (C=O) groups is 1. The lowest BCUT2D eigenvalue weighted by Crippen LogP contribution is -2.09. The first-order valence-corrected chi connectivity index (χ1v) is 6.26. The van der Waals surface area contributed by atoms with E-state index in [1.807, 2.05) is 6.92 Å². The number of aromatic nitrogens is 1. The number of hydrogen-bond donors (Lipinski definition) is 1. The molecule has 7 heteroatoms. The molecule has 2 aromatic rings. The third kappa shape index (κ3) is 2.62. The van der Waals surface area contributed by atoms with Gasteiger partial charge in [0.2, 0.25) is 5.91 Å². The van der Waals surface area contributed by atoms with Crippen LogP contribution >= 0.6 is 11.3 Å². The number of carbonyl (C=O) groups excluding carboxylic acids is 1. The molecule has 0 unspecified atom stereocenters. The molecular formula is C11H11N3O3S. The summed E-state index contributed by atoms with van der Waals surface area (Å²) < 4.78 is 0.691. The van der Waals surface area contributed by atoms with Crippen LogP contribution in [0.3, 0.4) is 0 Å². The van der Waals surface area contributed by atoms with Gasteiger partial charge in [-0.1, -0.05) is 18.3 Å². The maximum absolute atomic E-state index is 11.4. The van der Waals surface area contributed by atoms with Crippen molar-refractivity contribution in [3.8, 4) is 0 Å². The summed E-state index contributed by atoms with van der Waals surface area (Å²) in [5, 5.41) is 13.8. The smallest absolute Gasteiger partial charge is 0.270 e. The molecule has 0 saturated heterocycles. The van der Waals surface area contributed by atoms with Crippen LogP contribution in [0.2, 0.25) is 0 Å². The second kappa shape index (κ2) is 5.09. The van der Waals surface area contributed by atoms with Gasteiger partial charge in [0.1, 0.15) is 0 Å². The van der Waals surface area contributed by atoms with Gasteiger partial charge in [0.15, 0.2) is 5.13 Å². The molecule has 0 aliphatic heterocycles. The topological polar surface area (TPSA) is 85.1 Å².